The number of aliphatic hydroxyl groups excluding tert-OH is 1. The Labute approximate surface area is 190 Å². The van der Waals surface area contributed by atoms with Gasteiger partial charge in [-0.15, -0.1) is 0 Å². The third kappa shape index (κ3) is 5.14. The maximum Gasteiger partial charge on any atom is 0.321 e. The number of ether oxygens (including phenoxy) is 2. The van der Waals surface area contributed by atoms with Crippen molar-refractivity contribution in [2.24, 2.45) is 5.92 Å². The SMILES string of the molecule is CCNC(=O)Nc1nc2cc(-c3cccnc3C(C)O)c(OCC3CCOCC3)nc2s1. The fraction of sp³-hybridized carbons (Fsp3) is 0.455. The number of rotatable bonds is 7. The second-order valence-corrected chi connectivity index (χ2v) is 8.63. The molecular formula is C22H27N5O4S. The number of urea groups is 1. The maximum atomic E-state index is 11.9. The largest absolute Gasteiger partial charge is 0.477 e. The molecule has 3 aromatic heterocycles. The number of fused-ring (bicyclic) bond motifs is 1. The van der Waals surface area contributed by atoms with Crippen molar-refractivity contribution in [1.29, 1.82) is 0 Å². The van der Waals surface area contributed by atoms with Crippen molar-refractivity contribution in [2.45, 2.75) is 32.8 Å². The highest BCUT2D eigenvalue weighted by atomic mass is 32.1. The first kappa shape index (κ1) is 22.4. The van der Waals surface area contributed by atoms with Crippen LogP contribution in [0.25, 0.3) is 21.5 Å². The predicted octanol–water partition coefficient (Wildman–Crippen LogP) is 3.75. The van der Waals surface area contributed by atoms with Crippen LogP contribution in [-0.2, 0) is 4.74 Å². The maximum absolute atomic E-state index is 11.9. The van der Waals surface area contributed by atoms with E-state index in [-0.39, 0.29) is 6.03 Å². The van der Waals surface area contributed by atoms with Crippen molar-refractivity contribution < 1.29 is 19.4 Å². The van der Waals surface area contributed by atoms with Crippen LogP contribution in [0, 0.1) is 5.92 Å². The minimum atomic E-state index is -0.754. The van der Waals surface area contributed by atoms with Crippen LogP contribution in [0.2, 0.25) is 0 Å². The molecule has 9 nitrogen and oxygen atoms in total. The molecule has 1 saturated heterocycles. The van der Waals surface area contributed by atoms with Crippen molar-refractivity contribution in [3.8, 4) is 17.0 Å². The lowest BCUT2D eigenvalue weighted by Crippen LogP contribution is -2.28. The van der Waals surface area contributed by atoms with Crippen molar-refractivity contribution in [1.82, 2.24) is 20.3 Å². The Morgan fingerprint density at radius 1 is 1.34 bits per heavy atom. The zero-order valence-electron chi connectivity index (χ0n) is 18.1. The zero-order valence-corrected chi connectivity index (χ0v) is 18.9. The summed E-state index contributed by atoms with van der Waals surface area (Å²) in [5.41, 5.74) is 2.63. The Morgan fingerprint density at radius 2 is 2.16 bits per heavy atom. The van der Waals surface area contributed by atoms with Gasteiger partial charge in [0.25, 0.3) is 0 Å². The Morgan fingerprint density at radius 3 is 2.91 bits per heavy atom. The lowest BCUT2D eigenvalue weighted by atomic mass is 10.0. The molecule has 32 heavy (non-hydrogen) atoms. The first-order chi connectivity index (χ1) is 15.5. The number of aromatic nitrogens is 3. The minimum Gasteiger partial charge on any atom is -0.477 e. The van der Waals surface area contributed by atoms with Crippen LogP contribution < -0.4 is 15.4 Å². The molecule has 1 aliphatic heterocycles. The summed E-state index contributed by atoms with van der Waals surface area (Å²) in [4.78, 5) is 26.2. The Bertz CT molecular complexity index is 1080. The lowest BCUT2D eigenvalue weighted by Gasteiger charge is -2.22. The van der Waals surface area contributed by atoms with Gasteiger partial charge in [-0.3, -0.25) is 10.3 Å². The highest BCUT2D eigenvalue weighted by Crippen LogP contribution is 2.37. The molecule has 4 heterocycles. The molecule has 0 radical (unpaired) electrons. The van der Waals surface area contributed by atoms with Crippen LogP contribution in [0.4, 0.5) is 9.93 Å². The highest BCUT2D eigenvalue weighted by molar-refractivity contribution is 7.22. The number of amides is 2. The average molecular weight is 458 g/mol. The topological polar surface area (TPSA) is 118 Å². The molecule has 10 heteroatoms. The summed E-state index contributed by atoms with van der Waals surface area (Å²) in [6, 6.07) is 5.27. The molecule has 0 aliphatic carbocycles. The third-order valence-corrected chi connectivity index (χ3v) is 6.11. The number of hydrogen-bond acceptors (Lipinski definition) is 8. The first-order valence-electron chi connectivity index (χ1n) is 10.8. The van der Waals surface area contributed by atoms with Gasteiger partial charge >= 0.3 is 6.03 Å². The normalized spacial score (nSPS) is 15.5. The molecule has 170 valence electrons. The molecule has 1 atom stereocenters. The molecule has 3 aromatic rings. The molecule has 0 aromatic carbocycles. The van der Waals surface area contributed by atoms with E-state index < -0.39 is 6.10 Å². The van der Waals surface area contributed by atoms with Crippen molar-refractivity contribution in [2.75, 3.05) is 31.7 Å². The van der Waals surface area contributed by atoms with E-state index in [4.69, 9.17) is 14.5 Å². The predicted molar refractivity (Wildman–Crippen MR) is 123 cm³/mol. The van der Waals surface area contributed by atoms with E-state index in [1.807, 2.05) is 25.1 Å². The minimum absolute atomic E-state index is 0.313. The number of carbonyl (C=O) groups excluding carboxylic acids is 1. The third-order valence-electron chi connectivity index (χ3n) is 5.23. The molecule has 1 fully saturated rings. The second kappa shape index (κ2) is 10.2. The van der Waals surface area contributed by atoms with E-state index >= 15 is 0 Å². The second-order valence-electron chi connectivity index (χ2n) is 7.65. The van der Waals surface area contributed by atoms with Crippen LogP contribution in [0.3, 0.4) is 0 Å². The van der Waals surface area contributed by atoms with Gasteiger partial charge < -0.3 is 19.9 Å². The summed E-state index contributed by atoms with van der Waals surface area (Å²) in [6.45, 7) is 6.06. The molecule has 1 aliphatic rings. The number of nitrogens with zero attached hydrogens (tertiary/aromatic N) is 3. The monoisotopic (exact) mass is 457 g/mol. The van der Waals surface area contributed by atoms with Crippen LogP contribution in [-0.4, -0.2) is 52.5 Å². The van der Waals surface area contributed by atoms with Gasteiger partial charge in [-0.2, -0.15) is 0 Å². The van der Waals surface area contributed by atoms with Crippen LogP contribution in [0.15, 0.2) is 24.4 Å². The van der Waals surface area contributed by atoms with Gasteiger partial charge in [-0.1, -0.05) is 17.4 Å². The highest BCUT2D eigenvalue weighted by Gasteiger charge is 2.21. The fourth-order valence-electron chi connectivity index (χ4n) is 3.60. The lowest BCUT2D eigenvalue weighted by molar-refractivity contribution is 0.0492. The zero-order chi connectivity index (χ0) is 22.5. The van der Waals surface area contributed by atoms with Gasteiger partial charge in [0.05, 0.1) is 18.4 Å². The molecular weight excluding hydrogens is 430 g/mol. The summed E-state index contributed by atoms with van der Waals surface area (Å²) >= 11 is 1.28. The van der Waals surface area contributed by atoms with E-state index in [1.165, 1.54) is 11.3 Å². The van der Waals surface area contributed by atoms with Gasteiger partial charge in [-0.25, -0.2) is 14.8 Å². The van der Waals surface area contributed by atoms with Crippen LogP contribution in [0.5, 0.6) is 5.88 Å². The Hall–Kier alpha value is -2.82. The molecule has 2 amide bonds. The first-order valence-corrected chi connectivity index (χ1v) is 11.6. The van der Waals surface area contributed by atoms with Crippen molar-refractivity contribution in [3.63, 3.8) is 0 Å². The van der Waals surface area contributed by atoms with Gasteiger partial charge in [-0.05, 0) is 44.7 Å². The number of aliphatic hydroxyl groups is 1. The smallest absolute Gasteiger partial charge is 0.321 e. The van der Waals surface area contributed by atoms with Crippen molar-refractivity contribution in [3.05, 3.63) is 30.1 Å². The summed E-state index contributed by atoms with van der Waals surface area (Å²) < 4.78 is 11.6. The Balaban J connectivity index is 1.72. The van der Waals surface area contributed by atoms with Crippen LogP contribution >= 0.6 is 11.3 Å². The number of thiazole rings is 1. The molecule has 0 spiro atoms. The van der Waals surface area contributed by atoms with Gasteiger partial charge in [0.15, 0.2) is 5.13 Å². The van der Waals surface area contributed by atoms with Gasteiger partial charge in [0, 0.05) is 37.1 Å². The van der Waals surface area contributed by atoms with E-state index in [0.29, 0.717) is 51.7 Å². The number of nitrogens with one attached hydrogen (secondary N) is 2. The summed E-state index contributed by atoms with van der Waals surface area (Å²) in [5.74, 6) is 0.864. The molecule has 4 rings (SSSR count). The van der Waals surface area contributed by atoms with E-state index in [0.717, 1.165) is 31.6 Å². The van der Waals surface area contributed by atoms with E-state index in [2.05, 4.69) is 20.6 Å². The molecule has 1 unspecified atom stereocenters. The summed E-state index contributed by atoms with van der Waals surface area (Å²) in [7, 11) is 0. The average Bonchev–Trinajstić information content (AvgIpc) is 3.18. The van der Waals surface area contributed by atoms with E-state index in [9.17, 15) is 9.90 Å². The number of carbonyl (C=O) groups is 1. The standard InChI is InChI=1S/C22H27N5O4S/c1-3-23-21(29)27-22-25-17-11-16(15-5-4-8-24-18(15)13(2)28)19(26-20(17)32-22)31-12-14-6-9-30-10-7-14/h4-5,8,11,13-14,28H,3,6-7,9-10,12H2,1-2H3,(H2,23,25,27,29). The molecule has 0 bridgehead atoms. The van der Waals surface area contributed by atoms with Crippen molar-refractivity contribution >= 4 is 32.8 Å². The quantitative estimate of drug-likeness (QED) is 0.494. The van der Waals surface area contributed by atoms with E-state index in [1.54, 1.807) is 13.1 Å². The summed E-state index contributed by atoms with van der Waals surface area (Å²) in [5, 5.41) is 16.1. The fourth-order valence-corrected chi connectivity index (χ4v) is 4.40. The molecule has 0 saturated carbocycles. The number of hydrogen-bond donors (Lipinski definition) is 3. The van der Waals surface area contributed by atoms with Crippen LogP contribution in [0.1, 0.15) is 38.5 Å². The molecule has 3 N–H and O–H groups in total. The number of pyridine rings is 2. The van der Waals surface area contributed by atoms with Gasteiger partial charge in [0.2, 0.25) is 5.88 Å². The van der Waals surface area contributed by atoms with Gasteiger partial charge in [0.1, 0.15) is 10.3 Å². The Kier molecular flexibility index (Phi) is 7.13. The summed E-state index contributed by atoms with van der Waals surface area (Å²) in [6.07, 6.45) is 2.79. The number of anilines is 1.